The topological polar surface area (TPSA) is 0 Å². The van der Waals surface area contributed by atoms with Gasteiger partial charge in [0.1, 0.15) is 0 Å². The molecule has 1 aromatic rings. The second-order valence-corrected chi connectivity index (χ2v) is 7.17. The molecule has 0 unspecified atom stereocenters. The Morgan fingerprint density at radius 1 is 0.882 bits per heavy atom. The zero-order chi connectivity index (χ0) is 13.3. The first-order valence-electron chi connectivity index (χ1n) is 6.74. The first-order valence-corrected chi connectivity index (χ1v) is 6.74. The lowest BCUT2D eigenvalue weighted by Crippen LogP contribution is -2.33. The third-order valence-electron chi connectivity index (χ3n) is 4.19. The maximum absolute atomic E-state index is 2.34. The van der Waals surface area contributed by atoms with Crippen LogP contribution >= 0.6 is 0 Å². The summed E-state index contributed by atoms with van der Waals surface area (Å²) in [5.41, 5.74) is 3.39. The number of hydrogen-bond donors (Lipinski definition) is 0. The lowest BCUT2D eigenvalue weighted by atomic mass is 9.65. The van der Waals surface area contributed by atoms with Crippen molar-refractivity contribution in [3.63, 3.8) is 0 Å². The number of benzene rings is 1. The van der Waals surface area contributed by atoms with Crippen LogP contribution in [0.3, 0.4) is 0 Å². The summed E-state index contributed by atoms with van der Waals surface area (Å²) in [6.45, 7) is 16.2. The Bertz CT molecular complexity index is 347. The minimum atomic E-state index is 0.212. The second-order valence-electron chi connectivity index (χ2n) is 7.17. The Balaban J connectivity index is 2.95. The summed E-state index contributed by atoms with van der Waals surface area (Å²) in [6, 6.07) is 9.21. The van der Waals surface area contributed by atoms with Crippen molar-refractivity contribution in [1.82, 2.24) is 0 Å². The standard InChI is InChI=1S/C17H28/c1-13(2)12-14-8-10-15(11-9-14)17(6,7)16(3,4)5/h8-11,13H,12H2,1-7H3. The van der Waals surface area contributed by atoms with E-state index in [0.717, 1.165) is 5.92 Å². The third-order valence-corrected chi connectivity index (χ3v) is 4.19. The molecule has 0 heteroatoms. The van der Waals surface area contributed by atoms with E-state index in [4.69, 9.17) is 0 Å². The molecule has 0 spiro atoms. The van der Waals surface area contributed by atoms with Gasteiger partial charge in [0.15, 0.2) is 0 Å². The first-order chi connectivity index (χ1) is 7.64. The molecule has 0 heterocycles. The van der Waals surface area contributed by atoms with Gasteiger partial charge < -0.3 is 0 Å². The number of rotatable bonds is 3. The highest BCUT2D eigenvalue weighted by Gasteiger charge is 2.34. The molecule has 0 fully saturated rings. The van der Waals surface area contributed by atoms with Gasteiger partial charge in [-0.05, 0) is 34.3 Å². The quantitative estimate of drug-likeness (QED) is 0.671. The molecule has 96 valence electrons. The summed E-state index contributed by atoms with van der Waals surface area (Å²) < 4.78 is 0. The summed E-state index contributed by atoms with van der Waals surface area (Å²) in [4.78, 5) is 0. The van der Waals surface area contributed by atoms with E-state index < -0.39 is 0 Å². The molecule has 0 aliphatic carbocycles. The van der Waals surface area contributed by atoms with Gasteiger partial charge in [-0.1, -0.05) is 72.7 Å². The van der Waals surface area contributed by atoms with Crippen LogP contribution in [0.5, 0.6) is 0 Å². The average molecular weight is 232 g/mol. The minimum absolute atomic E-state index is 0.212. The first kappa shape index (κ1) is 14.3. The predicted molar refractivity (Wildman–Crippen MR) is 77.5 cm³/mol. The van der Waals surface area contributed by atoms with Crippen molar-refractivity contribution in [2.45, 2.75) is 60.3 Å². The van der Waals surface area contributed by atoms with Crippen molar-refractivity contribution < 1.29 is 0 Å². The number of hydrogen-bond acceptors (Lipinski definition) is 0. The van der Waals surface area contributed by atoms with Crippen LogP contribution < -0.4 is 0 Å². The zero-order valence-electron chi connectivity index (χ0n) is 12.6. The van der Waals surface area contributed by atoms with Crippen LogP contribution in [0.2, 0.25) is 0 Å². The maximum Gasteiger partial charge on any atom is -0.00551 e. The molecule has 0 saturated heterocycles. The molecule has 0 bridgehead atoms. The minimum Gasteiger partial charge on any atom is -0.0625 e. The fraction of sp³-hybridized carbons (Fsp3) is 0.647. The predicted octanol–water partition coefficient (Wildman–Crippen LogP) is 5.21. The highest BCUT2D eigenvalue weighted by molar-refractivity contribution is 5.30. The van der Waals surface area contributed by atoms with Gasteiger partial charge in [0.25, 0.3) is 0 Å². The van der Waals surface area contributed by atoms with E-state index in [9.17, 15) is 0 Å². The van der Waals surface area contributed by atoms with Crippen molar-refractivity contribution in [2.24, 2.45) is 11.3 Å². The van der Waals surface area contributed by atoms with Crippen LogP contribution in [0, 0.1) is 11.3 Å². The fourth-order valence-corrected chi connectivity index (χ4v) is 1.96. The Labute approximate surface area is 107 Å². The molecular weight excluding hydrogens is 204 g/mol. The van der Waals surface area contributed by atoms with E-state index in [0.29, 0.717) is 0 Å². The van der Waals surface area contributed by atoms with Crippen LogP contribution in [0.15, 0.2) is 24.3 Å². The van der Waals surface area contributed by atoms with Crippen molar-refractivity contribution in [3.05, 3.63) is 35.4 Å². The van der Waals surface area contributed by atoms with E-state index in [1.807, 2.05) is 0 Å². The van der Waals surface area contributed by atoms with Gasteiger partial charge in [0.05, 0.1) is 0 Å². The van der Waals surface area contributed by atoms with E-state index in [1.54, 1.807) is 0 Å². The summed E-state index contributed by atoms with van der Waals surface area (Å²) in [7, 11) is 0. The van der Waals surface area contributed by atoms with Crippen LogP contribution in [0.1, 0.15) is 59.6 Å². The van der Waals surface area contributed by atoms with E-state index in [2.05, 4.69) is 72.7 Å². The Kier molecular flexibility index (Phi) is 4.06. The van der Waals surface area contributed by atoms with Crippen LogP contribution in [-0.2, 0) is 11.8 Å². The zero-order valence-corrected chi connectivity index (χ0v) is 12.6. The van der Waals surface area contributed by atoms with Gasteiger partial charge in [-0.25, -0.2) is 0 Å². The van der Waals surface area contributed by atoms with Crippen molar-refractivity contribution in [1.29, 1.82) is 0 Å². The van der Waals surface area contributed by atoms with Gasteiger partial charge >= 0.3 is 0 Å². The van der Waals surface area contributed by atoms with Crippen molar-refractivity contribution >= 4 is 0 Å². The highest BCUT2D eigenvalue weighted by atomic mass is 14.4. The smallest absolute Gasteiger partial charge is 0.00551 e. The molecule has 1 rings (SSSR count). The Morgan fingerprint density at radius 2 is 1.35 bits per heavy atom. The Hall–Kier alpha value is -0.780. The molecule has 0 aromatic heterocycles. The largest absolute Gasteiger partial charge is 0.0625 e. The lowest BCUT2D eigenvalue weighted by molar-refractivity contribution is 0.225. The molecule has 0 amide bonds. The van der Waals surface area contributed by atoms with Crippen LogP contribution in [0.4, 0.5) is 0 Å². The fourth-order valence-electron chi connectivity index (χ4n) is 1.96. The molecular formula is C17H28. The van der Waals surface area contributed by atoms with Gasteiger partial charge in [-0.15, -0.1) is 0 Å². The molecule has 17 heavy (non-hydrogen) atoms. The molecule has 0 saturated carbocycles. The van der Waals surface area contributed by atoms with Crippen molar-refractivity contribution in [2.75, 3.05) is 0 Å². The summed E-state index contributed by atoms with van der Waals surface area (Å²) >= 11 is 0. The SMILES string of the molecule is CC(C)Cc1ccc(C(C)(C)C(C)(C)C)cc1. The van der Waals surface area contributed by atoms with Gasteiger partial charge in [-0.2, -0.15) is 0 Å². The van der Waals surface area contributed by atoms with Crippen molar-refractivity contribution in [3.8, 4) is 0 Å². The van der Waals surface area contributed by atoms with Gasteiger partial charge in [0, 0.05) is 0 Å². The molecule has 0 aliphatic heterocycles. The summed E-state index contributed by atoms with van der Waals surface area (Å²) in [5.74, 6) is 0.733. The Morgan fingerprint density at radius 3 is 1.71 bits per heavy atom. The van der Waals surface area contributed by atoms with E-state index in [1.165, 1.54) is 17.5 Å². The molecule has 1 aromatic carbocycles. The second kappa shape index (κ2) is 4.84. The summed E-state index contributed by atoms with van der Waals surface area (Å²) in [6.07, 6.45) is 1.18. The third kappa shape index (κ3) is 3.34. The van der Waals surface area contributed by atoms with E-state index in [-0.39, 0.29) is 10.8 Å². The maximum atomic E-state index is 2.34. The lowest BCUT2D eigenvalue weighted by Gasteiger charge is -2.39. The van der Waals surface area contributed by atoms with Gasteiger partial charge in [0.2, 0.25) is 0 Å². The molecule has 0 aliphatic rings. The monoisotopic (exact) mass is 232 g/mol. The van der Waals surface area contributed by atoms with Crippen LogP contribution in [-0.4, -0.2) is 0 Å². The average Bonchev–Trinajstić information content (AvgIpc) is 2.15. The van der Waals surface area contributed by atoms with E-state index >= 15 is 0 Å². The normalized spacial score (nSPS) is 13.2. The van der Waals surface area contributed by atoms with Gasteiger partial charge in [-0.3, -0.25) is 0 Å². The molecule has 0 N–H and O–H groups in total. The molecule has 0 atom stereocenters. The summed E-state index contributed by atoms with van der Waals surface area (Å²) in [5, 5.41) is 0. The highest BCUT2D eigenvalue weighted by Crippen LogP contribution is 2.40. The van der Waals surface area contributed by atoms with Crippen LogP contribution in [0.25, 0.3) is 0 Å². The molecule has 0 radical (unpaired) electrons. The molecule has 0 nitrogen and oxygen atoms in total.